The lowest BCUT2D eigenvalue weighted by atomic mass is 10.1. The van der Waals surface area contributed by atoms with E-state index in [1.807, 2.05) is 0 Å². The first-order chi connectivity index (χ1) is 5.95. The Balaban J connectivity index is 1.66. The van der Waals surface area contributed by atoms with Crippen LogP contribution in [0.25, 0.3) is 0 Å². The third-order valence-corrected chi connectivity index (χ3v) is 3.81. The molecule has 0 aromatic carbocycles. The molecule has 2 nitrogen and oxygen atoms in total. The largest absolute Gasteiger partial charge is 0.315 e. The maximum atomic E-state index is 3.47. The van der Waals surface area contributed by atoms with Crippen LogP contribution in [0.2, 0.25) is 0 Å². The van der Waals surface area contributed by atoms with Crippen LogP contribution in [0, 0.1) is 5.92 Å². The predicted molar refractivity (Wildman–Crippen MR) is 49.1 cm³/mol. The minimum Gasteiger partial charge on any atom is -0.315 e. The van der Waals surface area contributed by atoms with Gasteiger partial charge in [-0.05, 0) is 44.7 Å². The van der Waals surface area contributed by atoms with E-state index in [0.29, 0.717) is 0 Å². The lowest BCUT2D eigenvalue weighted by Crippen LogP contribution is -2.41. The van der Waals surface area contributed by atoms with Crippen molar-refractivity contribution in [2.45, 2.75) is 37.8 Å². The quantitative estimate of drug-likeness (QED) is 0.621. The van der Waals surface area contributed by atoms with Crippen LogP contribution in [0.4, 0.5) is 0 Å². The van der Waals surface area contributed by atoms with Gasteiger partial charge in [0.1, 0.15) is 0 Å². The van der Waals surface area contributed by atoms with Gasteiger partial charge in [0.05, 0.1) is 0 Å². The molecule has 0 aromatic heterocycles. The van der Waals surface area contributed by atoms with Crippen molar-refractivity contribution in [3.8, 4) is 0 Å². The van der Waals surface area contributed by atoms with Crippen molar-refractivity contribution < 1.29 is 0 Å². The van der Waals surface area contributed by atoms with Crippen LogP contribution < -0.4 is 5.32 Å². The van der Waals surface area contributed by atoms with Gasteiger partial charge in [0.2, 0.25) is 0 Å². The molecule has 3 fully saturated rings. The highest BCUT2D eigenvalue weighted by molar-refractivity contribution is 5.01. The van der Waals surface area contributed by atoms with Gasteiger partial charge in [0.15, 0.2) is 0 Å². The summed E-state index contributed by atoms with van der Waals surface area (Å²) in [5, 5.41) is 3.47. The molecule has 0 bridgehead atoms. The average molecular weight is 166 g/mol. The van der Waals surface area contributed by atoms with Crippen molar-refractivity contribution >= 4 is 0 Å². The highest BCUT2D eigenvalue weighted by Gasteiger charge is 2.46. The summed E-state index contributed by atoms with van der Waals surface area (Å²) in [4.78, 5) is 2.79. The molecular formula is C10H18N2. The summed E-state index contributed by atoms with van der Waals surface area (Å²) in [6, 6.07) is 1.89. The van der Waals surface area contributed by atoms with E-state index in [2.05, 4.69) is 10.2 Å². The van der Waals surface area contributed by atoms with Gasteiger partial charge in [0, 0.05) is 18.6 Å². The van der Waals surface area contributed by atoms with E-state index in [-0.39, 0.29) is 0 Å². The first kappa shape index (κ1) is 7.34. The summed E-state index contributed by atoms with van der Waals surface area (Å²) < 4.78 is 0. The third kappa shape index (κ3) is 1.09. The Morgan fingerprint density at radius 2 is 2.25 bits per heavy atom. The molecule has 0 amide bonds. The van der Waals surface area contributed by atoms with Crippen LogP contribution in [0.15, 0.2) is 0 Å². The molecular weight excluding hydrogens is 148 g/mol. The molecule has 0 radical (unpaired) electrons. The van der Waals surface area contributed by atoms with Crippen LogP contribution in [-0.2, 0) is 0 Å². The van der Waals surface area contributed by atoms with Crippen molar-refractivity contribution in [3.05, 3.63) is 0 Å². The number of fused-ring (bicyclic) bond motifs is 1. The number of nitrogens with one attached hydrogen (secondary N) is 1. The highest BCUT2D eigenvalue weighted by Crippen LogP contribution is 2.44. The molecule has 0 aromatic rings. The molecule has 2 heteroatoms. The normalized spacial score (nSPS) is 47.5. The second-order valence-electron chi connectivity index (χ2n) is 4.59. The first-order valence-corrected chi connectivity index (χ1v) is 5.41. The Morgan fingerprint density at radius 1 is 1.25 bits per heavy atom. The van der Waals surface area contributed by atoms with Crippen LogP contribution in [0.3, 0.4) is 0 Å². The number of hydrogen-bond donors (Lipinski definition) is 1. The Hall–Kier alpha value is -0.0800. The van der Waals surface area contributed by atoms with Gasteiger partial charge < -0.3 is 5.32 Å². The van der Waals surface area contributed by atoms with Gasteiger partial charge >= 0.3 is 0 Å². The van der Waals surface area contributed by atoms with E-state index in [1.54, 1.807) is 0 Å². The number of hydrogen-bond acceptors (Lipinski definition) is 2. The highest BCUT2D eigenvalue weighted by atomic mass is 15.3. The fourth-order valence-corrected chi connectivity index (χ4v) is 3.03. The standard InChI is InChI=1S/C10H18N2/c1-2-8-6-10(8)12(5-1)9-3-4-11-7-9/h8-11H,1-7H2. The van der Waals surface area contributed by atoms with E-state index >= 15 is 0 Å². The van der Waals surface area contributed by atoms with Crippen molar-refractivity contribution in [2.24, 2.45) is 5.92 Å². The number of likely N-dealkylation sites (tertiary alicyclic amines) is 1. The fourth-order valence-electron chi connectivity index (χ4n) is 3.03. The third-order valence-electron chi connectivity index (χ3n) is 3.81. The minimum absolute atomic E-state index is 0.889. The summed E-state index contributed by atoms with van der Waals surface area (Å²) >= 11 is 0. The smallest absolute Gasteiger partial charge is 0.0235 e. The van der Waals surface area contributed by atoms with Gasteiger partial charge in [-0.15, -0.1) is 0 Å². The SMILES string of the molecule is C1CC2CC2N(C2CCNC2)C1. The second-order valence-corrected chi connectivity index (χ2v) is 4.59. The number of piperidine rings is 1. The lowest BCUT2D eigenvalue weighted by Gasteiger charge is -2.31. The van der Waals surface area contributed by atoms with E-state index < -0.39 is 0 Å². The molecule has 3 rings (SSSR count). The minimum atomic E-state index is 0.889. The molecule has 1 saturated carbocycles. The number of rotatable bonds is 1. The second kappa shape index (κ2) is 2.71. The van der Waals surface area contributed by atoms with Crippen molar-refractivity contribution in [3.63, 3.8) is 0 Å². The molecule has 0 spiro atoms. The van der Waals surface area contributed by atoms with Crippen LogP contribution >= 0.6 is 0 Å². The summed E-state index contributed by atoms with van der Waals surface area (Å²) in [6.07, 6.45) is 5.87. The van der Waals surface area contributed by atoms with Crippen LogP contribution in [0.1, 0.15) is 25.7 Å². The molecule has 3 unspecified atom stereocenters. The monoisotopic (exact) mass is 166 g/mol. The van der Waals surface area contributed by atoms with Crippen LogP contribution in [-0.4, -0.2) is 36.6 Å². The zero-order valence-electron chi connectivity index (χ0n) is 7.63. The van der Waals surface area contributed by atoms with E-state index in [0.717, 1.165) is 18.0 Å². The molecule has 12 heavy (non-hydrogen) atoms. The summed E-state index contributed by atoms with van der Waals surface area (Å²) in [6.45, 7) is 3.88. The first-order valence-electron chi connectivity index (χ1n) is 5.41. The Morgan fingerprint density at radius 3 is 3.08 bits per heavy atom. The van der Waals surface area contributed by atoms with Gasteiger partial charge in [-0.1, -0.05) is 0 Å². The summed E-state index contributed by atoms with van der Waals surface area (Å²) in [7, 11) is 0. The molecule has 1 N–H and O–H groups in total. The topological polar surface area (TPSA) is 15.3 Å². The maximum absolute atomic E-state index is 3.47. The molecule has 3 aliphatic rings. The summed E-state index contributed by atoms with van der Waals surface area (Å²) in [5.41, 5.74) is 0. The van der Waals surface area contributed by atoms with Gasteiger partial charge in [0.25, 0.3) is 0 Å². The molecule has 1 aliphatic carbocycles. The predicted octanol–water partition coefficient (Wildman–Crippen LogP) is 0.833. The zero-order valence-corrected chi connectivity index (χ0v) is 7.63. The van der Waals surface area contributed by atoms with E-state index in [4.69, 9.17) is 0 Å². The van der Waals surface area contributed by atoms with Crippen molar-refractivity contribution in [2.75, 3.05) is 19.6 Å². The fraction of sp³-hybridized carbons (Fsp3) is 1.00. The van der Waals surface area contributed by atoms with Crippen LogP contribution in [0.5, 0.6) is 0 Å². The Kier molecular flexibility index (Phi) is 1.66. The van der Waals surface area contributed by atoms with E-state index in [1.165, 1.54) is 45.3 Å². The summed E-state index contributed by atoms with van der Waals surface area (Å²) in [5.74, 6) is 1.10. The lowest BCUT2D eigenvalue weighted by molar-refractivity contribution is 0.161. The van der Waals surface area contributed by atoms with Crippen molar-refractivity contribution in [1.29, 1.82) is 0 Å². The van der Waals surface area contributed by atoms with Gasteiger partial charge in [-0.2, -0.15) is 0 Å². The van der Waals surface area contributed by atoms with Gasteiger partial charge in [-0.25, -0.2) is 0 Å². The number of nitrogens with zero attached hydrogens (tertiary/aromatic N) is 1. The average Bonchev–Trinajstić information content (AvgIpc) is 2.70. The molecule has 2 saturated heterocycles. The Bertz CT molecular complexity index is 175. The van der Waals surface area contributed by atoms with Gasteiger partial charge in [-0.3, -0.25) is 4.90 Å². The molecule has 2 aliphatic heterocycles. The maximum Gasteiger partial charge on any atom is 0.0235 e. The van der Waals surface area contributed by atoms with E-state index in [9.17, 15) is 0 Å². The molecule has 2 heterocycles. The molecule has 3 atom stereocenters. The zero-order chi connectivity index (χ0) is 7.97. The van der Waals surface area contributed by atoms with Crippen molar-refractivity contribution in [1.82, 2.24) is 10.2 Å². The Labute approximate surface area is 74.3 Å². The molecule has 68 valence electrons.